The Morgan fingerprint density at radius 1 is 1.26 bits per heavy atom. The summed E-state index contributed by atoms with van der Waals surface area (Å²) < 4.78 is 31.7. The lowest BCUT2D eigenvalue weighted by molar-refractivity contribution is -0.192. The van der Waals surface area contributed by atoms with Crippen LogP contribution < -0.4 is 10.4 Å². The van der Waals surface area contributed by atoms with Crippen LogP contribution in [-0.2, 0) is 16.0 Å². The van der Waals surface area contributed by atoms with Gasteiger partial charge in [0.2, 0.25) is 11.7 Å². The SMILES string of the molecule is Cc1ccccc1CC(=O)N(NCC(C)C)c1ccnc(C#N)n1.O=C(O)C(F)(F)F. The van der Waals surface area contributed by atoms with E-state index in [2.05, 4.69) is 29.2 Å². The fraction of sp³-hybridized carbons (Fsp3) is 0.350. The summed E-state index contributed by atoms with van der Waals surface area (Å²) in [6.07, 6.45) is -3.35. The molecule has 1 aromatic heterocycles. The van der Waals surface area contributed by atoms with Crippen molar-refractivity contribution in [3.8, 4) is 6.07 Å². The number of aromatic nitrogens is 2. The highest BCUT2D eigenvalue weighted by molar-refractivity contribution is 5.93. The molecule has 0 saturated heterocycles. The third-order valence-electron chi connectivity index (χ3n) is 3.72. The van der Waals surface area contributed by atoms with Gasteiger partial charge in [-0.25, -0.2) is 20.2 Å². The normalized spacial score (nSPS) is 10.6. The lowest BCUT2D eigenvalue weighted by atomic mass is 10.1. The molecule has 0 bridgehead atoms. The zero-order valence-electron chi connectivity index (χ0n) is 17.1. The van der Waals surface area contributed by atoms with Gasteiger partial charge in [-0.2, -0.15) is 23.4 Å². The van der Waals surface area contributed by atoms with Gasteiger partial charge in [-0.3, -0.25) is 4.79 Å². The molecular formula is C20H22F3N5O3. The molecule has 31 heavy (non-hydrogen) atoms. The number of carboxylic acid groups (broad SMARTS) is 1. The lowest BCUT2D eigenvalue weighted by Crippen LogP contribution is -2.46. The van der Waals surface area contributed by atoms with Crippen LogP contribution in [0.25, 0.3) is 0 Å². The number of hydrazine groups is 1. The molecule has 2 N–H and O–H groups in total. The molecule has 11 heteroatoms. The average molecular weight is 437 g/mol. The van der Waals surface area contributed by atoms with Crippen LogP contribution in [0, 0.1) is 24.2 Å². The van der Waals surface area contributed by atoms with Gasteiger partial charge in [-0.1, -0.05) is 38.1 Å². The van der Waals surface area contributed by atoms with Crippen LogP contribution in [-0.4, -0.2) is 39.7 Å². The summed E-state index contributed by atoms with van der Waals surface area (Å²) in [5.74, 6) is -2.12. The molecule has 0 aliphatic rings. The van der Waals surface area contributed by atoms with Crippen LogP contribution in [0.1, 0.15) is 30.8 Å². The first kappa shape index (κ1) is 25.5. The summed E-state index contributed by atoms with van der Waals surface area (Å²) in [5, 5.41) is 17.5. The summed E-state index contributed by atoms with van der Waals surface area (Å²) in [4.78, 5) is 29.7. The quantitative estimate of drug-likeness (QED) is 0.667. The van der Waals surface area contributed by atoms with Gasteiger partial charge in [0, 0.05) is 18.8 Å². The molecule has 0 fully saturated rings. The molecule has 0 aliphatic heterocycles. The first-order valence-electron chi connectivity index (χ1n) is 9.10. The van der Waals surface area contributed by atoms with E-state index in [-0.39, 0.29) is 18.2 Å². The Morgan fingerprint density at radius 3 is 2.39 bits per heavy atom. The van der Waals surface area contributed by atoms with Gasteiger partial charge < -0.3 is 5.11 Å². The van der Waals surface area contributed by atoms with Crippen LogP contribution in [0.15, 0.2) is 36.5 Å². The average Bonchev–Trinajstić information content (AvgIpc) is 2.69. The molecule has 0 spiro atoms. The van der Waals surface area contributed by atoms with Crippen molar-refractivity contribution in [1.29, 1.82) is 5.26 Å². The second-order valence-corrected chi connectivity index (χ2v) is 6.74. The maximum absolute atomic E-state index is 12.8. The van der Waals surface area contributed by atoms with Gasteiger partial charge in [-0.05, 0) is 24.0 Å². The highest BCUT2D eigenvalue weighted by Gasteiger charge is 2.38. The molecule has 1 amide bonds. The Labute approximate surface area is 177 Å². The Hall–Kier alpha value is -3.52. The number of carbonyl (C=O) groups is 2. The predicted molar refractivity (Wildman–Crippen MR) is 106 cm³/mol. The Kier molecular flexibility index (Phi) is 9.56. The molecule has 0 radical (unpaired) electrons. The van der Waals surface area contributed by atoms with Crippen molar-refractivity contribution >= 4 is 17.7 Å². The van der Waals surface area contributed by atoms with Gasteiger partial charge in [-0.15, -0.1) is 0 Å². The number of aliphatic carboxylic acids is 1. The summed E-state index contributed by atoms with van der Waals surface area (Å²) in [5.41, 5.74) is 5.14. The fourth-order valence-electron chi connectivity index (χ4n) is 2.15. The molecule has 2 aromatic rings. The van der Waals surface area contributed by atoms with Gasteiger partial charge in [0.25, 0.3) is 0 Å². The van der Waals surface area contributed by atoms with Gasteiger partial charge >= 0.3 is 12.1 Å². The second-order valence-electron chi connectivity index (χ2n) is 6.74. The van der Waals surface area contributed by atoms with E-state index in [1.165, 1.54) is 11.2 Å². The van der Waals surface area contributed by atoms with Gasteiger partial charge in [0.15, 0.2) is 5.82 Å². The molecule has 166 valence electrons. The predicted octanol–water partition coefficient (Wildman–Crippen LogP) is 3.03. The number of rotatable bonds is 6. The third kappa shape index (κ3) is 8.79. The number of nitrogens with one attached hydrogen (secondary N) is 1. The highest BCUT2D eigenvalue weighted by Crippen LogP contribution is 2.14. The number of alkyl halides is 3. The number of nitrogens with zero attached hydrogens (tertiary/aromatic N) is 4. The number of carboxylic acids is 1. The number of carbonyl (C=O) groups excluding carboxylic acids is 1. The number of halogens is 3. The maximum atomic E-state index is 12.8. The smallest absolute Gasteiger partial charge is 0.475 e. The number of aryl methyl sites for hydroxylation is 1. The maximum Gasteiger partial charge on any atom is 0.490 e. The number of hydrogen-bond acceptors (Lipinski definition) is 6. The summed E-state index contributed by atoms with van der Waals surface area (Å²) in [6.45, 7) is 6.70. The summed E-state index contributed by atoms with van der Waals surface area (Å²) >= 11 is 0. The Morgan fingerprint density at radius 2 is 1.87 bits per heavy atom. The number of benzene rings is 1. The summed E-state index contributed by atoms with van der Waals surface area (Å²) in [6, 6.07) is 11.3. The van der Waals surface area contributed by atoms with E-state index >= 15 is 0 Å². The van der Waals surface area contributed by atoms with E-state index in [4.69, 9.17) is 15.2 Å². The number of amides is 1. The van der Waals surface area contributed by atoms with Crippen molar-refractivity contribution in [3.63, 3.8) is 0 Å². The van der Waals surface area contributed by atoms with Crippen LogP contribution >= 0.6 is 0 Å². The zero-order chi connectivity index (χ0) is 23.6. The Bertz CT molecular complexity index is 942. The van der Waals surface area contributed by atoms with Gasteiger partial charge in [0.1, 0.15) is 6.07 Å². The largest absolute Gasteiger partial charge is 0.490 e. The molecule has 8 nitrogen and oxygen atoms in total. The molecule has 1 heterocycles. The van der Waals surface area contributed by atoms with Gasteiger partial charge in [0.05, 0.1) is 6.42 Å². The second kappa shape index (κ2) is 11.6. The van der Waals surface area contributed by atoms with E-state index in [0.29, 0.717) is 18.3 Å². The minimum atomic E-state index is -5.08. The minimum Gasteiger partial charge on any atom is -0.475 e. The van der Waals surface area contributed by atoms with Crippen LogP contribution in [0.5, 0.6) is 0 Å². The van der Waals surface area contributed by atoms with Crippen LogP contribution in [0.2, 0.25) is 0 Å². The van der Waals surface area contributed by atoms with Crippen molar-refractivity contribution in [1.82, 2.24) is 15.4 Å². The van der Waals surface area contributed by atoms with E-state index in [1.54, 1.807) is 6.07 Å². The topological polar surface area (TPSA) is 119 Å². The van der Waals surface area contributed by atoms with Crippen molar-refractivity contribution < 1.29 is 27.9 Å². The molecule has 1 aromatic carbocycles. The van der Waals surface area contributed by atoms with E-state index in [1.807, 2.05) is 37.3 Å². The molecular weight excluding hydrogens is 415 g/mol. The number of nitriles is 1. The molecule has 0 atom stereocenters. The van der Waals surface area contributed by atoms with E-state index in [9.17, 15) is 18.0 Å². The van der Waals surface area contributed by atoms with Crippen molar-refractivity contribution in [2.45, 2.75) is 33.4 Å². The van der Waals surface area contributed by atoms with Crippen molar-refractivity contribution in [2.75, 3.05) is 11.6 Å². The van der Waals surface area contributed by atoms with Crippen molar-refractivity contribution in [2.24, 2.45) is 5.92 Å². The molecule has 0 saturated carbocycles. The standard InChI is InChI=1S/C18H21N5O.C2HF3O2/c1-13(2)12-21-23(17-8-9-20-16(11-19)22-17)18(24)10-15-7-5-4-6-14(15)3;3-2(4,5)1(6)7/h4-9,13,21H,10,12H2,1-3H3;(H,6,7). The molecule has 0 aliphatic carbocycles. The molecule has 2 rings (SSSR count). The van der Waals surface area contributed by atoms with Crippen LogP contribution in [0.3, 0.4) is 0 Å². The third-order valence-corrected chi connectivity index (χ3v) is 3.72. The number of hydrogen-bond donors (Lipinski definition) is 2. The lowest BCUT2D eigenvalue weighted by Gasteiger charge is -2.24. The first-order valence-corrected chi connectivity index (χ1v) is 9.10. The minimum absolute atomic E-state index is 0.0348. The fourth-order valence-corrected chi connectivity index (χ4v) is 2.15. The van der Waals surface area contributed by atoms with Crippen LogP contribution in [0.4, 0.5) is 19.0 Å². The number of anilines is 1. The summed E-state index contributed by atoms with van der Waals surface area (Å²) in [7, 11) is 0. The highest BCUT2D eigenvalue weighted by atomic mass is 19.4. The van der Waals surface area contributed by atoms with Crippen molar-refractivity contribution in [3.05, 3.63) is 53.5 Å². The monoisotopic (exact) mass is 437 g/mol. The van der Waals surface area contributed by atoms with E-state index < -0.39 is 12.1 Å². The Balaban J connectivity index is 0.000000592. The first-order chi connectivity index (χ1) is 14.5. The van der Waals surface area contributed by atoms with E-state index in [0.717, 1.165) is 11.1 Å². The molecule has 0 unspecified atom stereocenters. The zero-order valence-corrected chi connectivity index (χ0v) is 17.1.